The van der Waals surface area contributed by atoms with Crippen molar-refractivity contribution in [2.45, 2.75) is 18.9 Å². The van der Waals surface area contributed by atoms with Crippen molar-refractivity contribution in [3.63, 3.8) is 0 Å². The SMILES string of the molecule is NC(=NCC1CCCO1)NCCOc1c(Cl)cc(Cl)cc1Cl. The Morgan fingerprint density at radius 2 is 2.09 bits per heavy atom. The average molecular weight is 367 g/mol. The van der Waals surface area contributed by atoms with Crippen molar-refractivity contribution >= 4 is 40.8 Å². The Labute approximate surface area is 144 Å². The van der Waals surface area contributed by atoms with Gasteiger partial charge in [0.1, 0.15) is 6.61 Å². The third-order valence-electron chi connectivity index (χ3n) is 3.11. The molecule has 1 atom stereocenters. The lowest BCUT2D eigenvalue weighted by atomic mass is 10.2. The van der Waals surface area contributed by atoms with E-state index in [9.17, 15) is 0 Å². The summed E-state index contributed by atoms with van der Waals surface area (Å²) in [7, 11) is 0. The maximum atomic E-state index is 6.02. The number of hydrogen-bond donors (Lipinski definition) is 2. The van der Waals surface area contributed by atoms with Gasteiger partial charge in [0.2, 0.25) is 0 Å². The van der Waals surface area contributed by atoms with Gasteiger partial charge in [0.05, 0.1) is 29.2 Å². The largest absolute Gasteiger partial charge is 0.489 e. The number of nitrogens with one attached hydrogen (secondary N) is 1. The zero-order valence-corrected chi connectivity index (χ0v) is 14.2. The monoisotopic (exact) mass is 365 g/mol. The second-order valence-corrected chi connectivity index (χ2v) is 6.09. The highest BCUT2D eigenvalue weighted by molar-refractivity contribution is 6.40. The molecule has 5 nitrogen and oxygen atoms in total. The van der Waals surface area contributed by atoms with Gasteiger partial charge in [-0.25, -0.2) is 0 Å². The van der Waals surface area contributed by atoms with Crippen LogP contribution in [0.4, 0.5) is 0 Å². The minimum Gasteiger partial charge on any atom is -0.489 e. The number of guanidine groups is 1. The summed E-state index contributed by atoms with van der Waals surface area (Å²) in [5.41, 5.74) is 5.77. The predicted octanol–water partition coefficient (Wildman–Crippen LogP) is 3.11. The fourth-order valence-electron chi connectivity index (χ4n) is 2.04. The fraction of sp³-hybridized carbons (Fsp3) is 0.500. The normalized spacial score (nSPS) is 18.5. The van der Waals surface area contributed by atoms with Crippen molar-refractivity contribution in [1.82, 2.24) is 5.32 Å². The summed E-state index contributed by atoms with van der Waals surface area (Å²) >= 11 is 17.9. The summed E-state index contributed by atoms with van der Waals surface area (Å²) < 4.78 is 11.0. The number of aliphatic imine (C=N–C) groups is 1. The van der Waals surface area contributed by atoms with E-state index < -0.39 is 0 Å². The molecule has 0 bridgehead atoms. The van der Waals surface area contributed by atoms with Gasteiger partial charge in [0.25, 0.3) is 0 Å². The zero-order valence-electron chi connectivity index (χ0n) is 11.9. The molecule has 2 rings (SSSR count). The van der Waals surface area contributed by atoms with E-state index in [1.807, 2.05) is 0 Å². The highest BCUT2D eigenvalue weighted by Gasteiger charge is 2.14. The molecule has 0 spiro atoms. The molecule has 1 unspecified atom stereocenters. The van der Waals surface area contributed by atoms with Crippen molar-refractivity contribution in [2.24, 2.45) is 10.7 Å². The Kier molecular flexibility index (Phi) is 6.89. The molecule has 3 N–H and O–H groups in total. The van der Waals surface area contributed by atoms with Crippen molar-refractivity contribution < 1.29 is 9.47 Å². The molecule has 1 aromatic carbocycles. The van der Waals surface area contributed by atoms with Crippen molar-refractivity contribution in [3.05, 3.63) is 27.2 Å². The van der Waals surface area contributed by atoms with Gasteiger partial charge in [-0.1, -0.05) is 34.8 Å². The van der Waals surface area contributed by atoms with E-state index >= 15 is 0 Å². The molecule has 1 aliphatic heterocycles. The summed E-state index contributed by atoms with van der Waals surface area (Å²) in [5, 5.41) is 4.17. The lowest BCUT2D eigenvalue weighted by molar-refractivity contribution is 0.117. The number of rotatable bonds is 6. The molecular formula is C14H18Cl3N3O2. The molecule has 0 radical (unpaired) electrons. The fourth-order valence-corrected chi connectivity index (χ4v) is 2.97. The molecule has 0 saturated carbocycles. The highest BCUT2D eigenvalue weighted by atomic mass is 35.5. The van der Waals surface area contributed by atoms with Gasteiger partial charge >= 0.3 is 0 Å². The topological polar surface area (TPSA) is 68.9 Å². The number of nitrogens with two attached hydrogens (primary N) is 1. The first kappa shape index (κ1) is 17.5. The third kappa shape index (κ3) is 5.39. The van der Waals surface area contributed by atoms with Gasteiger partial charge in [-0.15, -0.1) is 0 Å². The van der Waals surface area contributed by atoms with Gasteiger partial charge in [-0.2, -0.15) is 0 Å². The number of halogens is 3. The van der Waals surface area contributed by atoms with E-state index in [1.54, 1.807) is 12.1 Å². The Bertz CT molecular complexity index is 511. The molecule has 1 aromatic rings. The Morgan fingerprint density at radius 1 is 1.36 bits per heavy atom. The average Bonchev–Trinajstić information content (AvgIpc) is 2.96. The smallest absolute Gasteiger partial charge is 0.188 e. The predicted molar refractivity (Wildman–Crippen MR) is 90.4 cm³/mol. The van der Waals surface area contributed by atoms with Gasteiger partial charge in [-0.05, 0) is 25.0 Å². The van der Waals surface area contributed by atoms with Crippen molar-refractivity contribution in [3.8, 4) is 5.75 Å². The lowest BCUT2D eigenvalue weighted by Gasteiger charge is -2.11. The highest BCUT2D eigenvalue weighted by Crippen LogP contribution is 2.35. The van der Waals surface area contributed by atoms with E-state index in [0.29, 0.717) is 46.5 Å². The van der Waals surface area contributed by atoms with Gasteiger partial charge in [-0.3, -0.25) is 4.99 Å². The number of nitrogens with zero attached hydrogens (tertiary/aromatic N) is 1. The molecule has 1 heterocycles. The van der Waals surface area contributed by atoms with Crippen LogP contribution in [0.25, 0.3) is 0 Å². The Hall–Kier alpha value is -0.880. The maximum Gasteiger partial charge on any atom is 0.188 e. The summed E-state index contributed by atoms with van der Waals surface area (Å²) in [6.07, 6.45) is 2.31. The summed E-state index contributed by atoms with van der Waals surface area (Å²) in [6.45, 7) is 2.21. The van der Waals surface area contributed by atoms with Crippen LogP contribution in [0.15, 0.2) is 17.1 Å². The minimum absolute atomic E-state index is 0.184. The molecule has 8 heteroatoms. The van der Waals surface area contributed by atoms with Gasteiger partial charge in [0, 0.05) is 11.6 Å². The molecule has 1 saturated heterocycles. The van der Waals surface area contributed by atoms with E-state index in [4.69, 9.17) is 50.0 Å². The molecule has 122 valence electrons. The van der Waals surface area contributed by atoms with Crippen LogP contribution in [0.2, 0.25) is 15.1 Å². The minimum atomic E-state index is 0.184. The van der Waals surface area contributed by atoms with Gasteiger partial charge in [0.15, 0.2) is 11.7 Å². The van der Waals surface area contributed by atoms with Crippen molar-refractivity contribution in [1.29, 1.82) is 0 Å². The molecule has 0 amide bonds. The third-order valence-corrected chi connectivity index (χ3v) is 3.89. The standard InChI is InChI=1S/C14H18Cl3N3O2/c15-9-6-11(16)13(12(17)7-9)22-5-3-19-14(18)20-8-10-2-1-4-21-10/h6-7,10H,1-5,8H2,(H3,18,19,20). The summed E-state index contributed by atoms with van der Waals surface area (Å²) in [5.74, 6) is 0.775. The van der Waals surface area contributed by atoms with E-state index in [-0.39, 0.29) is 6.10 Å². The second kappa shape index (κ2) is 8.67. The van der Waals surface area contributed by atoms with Crippen molar-refractivity contribution in [2.75, 3.05) is 26.3 Å². The van der Waals surface area contributed by atoms with E-state index in [2.05, 4.69) is 10.3 Å². The summed E-state index contributed by atoms with van der Waals surface area (Å²) in [6, 6.07) is 3.16. The molecule has 22 heavy (non-hydrogen) atoms. The van der Waals surface area contributed by atoms with Crippen LogP contribution in [0, 0.1) is 0 Å². The first-order chi connectivity index (χ1) is 10.6. The quantitative estimate of drug-likeness (QED) is 0.461. The number of hydrogen-bond acceptors (Lipinski definition) is 3. The van der Waals surface area contributed by atoms with Crippen LogP contribution in [-0.4, -0.2) is 38.4 Å². The van der Waals surface area contributed by atoms with Crippen LogP contribution >= 0.6 is 34.8 Å². The van der Waals surface area contributed by atoms with E-state index in [1.165, 1.54) is 0 Å². The molecule has 1 aliphatic rings. The Balaban J connectivity index is 1.71. The molecule has 0 aromatic heterocycles. The lowest BCUT2D eigenvalue weighted by Crippen LogP contribution is -2.35. The van der Waals surface area contributed by atoms with Crippen LogP contribution in [0.1, 0.15) is 12.8 Å². The van der Waals surface area contributed by atoms with Crippen LogP contribution in [0.3, 0.4) is 0 Å². The maximum absolute atomic E-state index is 6.02. The first-order valence-corrected chi connectivity index (χ1v) is 8.12. The van der Waals surface area contributed by atoms with Crippen LogP contribution in [-0.2, 0) is 4.74 Å². The molecule has 0 aliphatic carbocycles. The zero-order chi connectivity index (χ0) is 15.9. The summed E-state index contributed by atoms with van der Waals surface area (Å²) in [4.78, 5) is 4.23. The first-order valence-electron chi connectivity index (χ1n) is 6.99. The number of ether oxygens (including phenoxy) is 2. The van der Waals surface area contributed by atoms with Crippen LogP contribution in [0.5, 0.6) is 5.75 Å². The Morgan fingerprint density at radius 3 is 2.73 bits per heavy atom. The molecular weight excluding hydrogens is 349 g/mol. The van der Waals surface area contributed by atoms with E-state index in [0.717, 1.165) is 19.4 Å². The number of benzene rings is 1. The molecule has 1 fully saturated rings. The second-order valence-electron chi connectivity index (χ2n) is 4.83. The van der Waals surface area contributed by atoms with Gasteiger partial charge < -0.3 is 20.5 Å². The van der Waals surface area contributed by atoms with Crippen LogP contribution < -0.4 is 15.8 Å².